The van der Waals surface area contributed by atoms with Gasteiger partial charge in [0.25, 0.3) is 10.2 Å². The summed E-state index contributed by atoms with van der Waals surface area (Å²) in [5.74, 6) is 0.905. The second kappa shape index (κ2) is 9.84. The molecule has 0 radical (unpaired) electrons. The Hall–Kier alpha value is -1.40. The molecular formula is C21H30F3N3O4S. The van der Waals surface area contributed by atoms with Crippen molar-refractivity contribution in [1.29, 1.82) is 0 Å². The number of rotatable bonds is 8. The van der Waals surface area contributed by atoms with Gasteiger partial charge in [-0.2, -0.15) is 31.0 Å². The van der Waals surface area contributed by atoms with Crippen molar-refractivity contribution in [2.75, 3.05) is 46.0 Å². The Morgan fingerprint density at radius 3 is 2.47 bits per heavy atom. The number of nitrogens with zero attached hydrogens (tertiary/aromatic N) is 1. The van der Waals surface area contributed by atoms with Gasteiger partial charge in [0, 0.05) is 25.7 Å². The van der Waals surface area contributed by atoms with Gasteiger partial charge in [-0.25, -0.2) is 0 Å². The van der Waals surface area contributed by atoms with Crippen LogP contribution in [0, 0.1) is 11.8 Å². The van der Waals surface area contributed by atoms with E-state index in [-0.39, 0.29) is 17.9 Å². The fourth-order valence-corrected chi connectivity index (χ4v) is 6.16. The van der Waals surface area contributed by atoms with Crippen molar-refractivity contribution in [2.45, 2.75) is 37.9 Å². The van der Waals surface area contributed by atoms with E-state index in [4.69, 9.17) is 9.47 Å². The van der Waals surface area contributed by atoms with Crippen LogP contribution in [0.15, 0.2) is 18.2 Å². The fourth-order valence-electron chi connectivity index (χ4n) is 4.98. The van der Waals surface area contributed by atoms with Crippen molar-refractivity contribution in [3.05, 3.63) is 29.3 Å². The third kappa shape index (κ3) is 6.34. The number of benzene rings is 1. The molecule has 0 aromatic heterocycles. The molecule has 3 unspecified atom stereocenters. The molecule has 4 rings (SSSR count). The summed E-state index contributed by atoms with van der Waals surface area (Å²) < 4.78 is 77.1. The van der Waals surface area contributed by atoms with E-state index in [0.717, 1.165) is 62.6 Å². The summed E-state index contributed by atoms with van der Waals surface area (Å²) >= 11 is 0. The zero-order chi connectivity index (χ0) is 22.8. The van der Waals surface area contributed by atoms with Crippen LogP contribution in [0.2, 0.25) is 0 Å². The topological polar surface area (TPSA) is 79.9 Å². The van der Waals surface area contributed by atoms with E-state index in [1.807, 2.05) is 18.2 Å². The summed E-state index contributed by atoms with van der Waals surface area (Å²) in [6.07, 6.45) is -1.51. The Kier molecular flexibility index (Phi) is 7.30. The Balaban J connectivity index is 1.36. The average Bonchev–Trinajstić information content (AvgIpc) is 3.01. The normalized spacial score (nSPS) is 26.5. The maximum Gasteiger partial charge on any atom is 0.402 e. The van der Waals surface area contributed by atoms with Crippen LogP contribution in [0.1, 0.15) is 24.0 Å². The van der Waals surface area contributed by atoms with E-state index >= 15 is 0 Å². The number of alkyl halides is 3. The number of nitrogens with one attached hydrogen (secondary N) is 2. The molecule has 2 bridgehead atoms. The maximum absolute atomic E-state index is 12.4. The van der Waals surface area contributed by atoms with Crippen LogP contribution in [0.25, 0.3) is 0 Å². The molecular weight excluding hydrogens is 447 g/mol. The first-order valence-corrected chi connectivity index (χ1v) is 12.6. The van der Waals surface area contributed by atoms with Gasteiger partial charge in [-0.15, -0.1) is 0 Å². The van der Waals surface area contributed by atoms with Crippen LogP contribution in [0.5, 0.6) is 5.75 Å². The first-order chi connectivity index (χ1) is 15.2. The molecule has 7 nitrogen and oxygen atoms in total. The van der Waals surface area contributed by atoms with Crippen molar-refractivity contribution in [1.82, 2.24) is 14.3 Å². The van der Waals surface area contributed by atoms with E-state index in [1.54, 1.807) is 4.72 Å². The van der Waals surface area contributed by atoms with Gasteiger partial charge in [0.1, 0.15) is 18.9 Å². The van der Waals surface area contributed by atoms with Gasteiger partial charge < -0.3 is 9.47 Å². The third-order valence-corrected chi connectivity index (χ3v) is 7.71. The predicted octanol–water partition coefficient (Wildman–Crippen LogP) is 1.88. The number of ether oxygens (including phenoxy) is 2. The minimum Gasteiger partial charge on any atom is -0.492 e. The molecule has 2 fully saturated rings. The first-order valence-electron chi connectivity index (χ1n) is 11.1. The van der Waals surface area contributed by atoms with Crippen molar-refractivity contribution < 1.29 is 31.1 Å². The fraction of sp³-hybridized carbons (Fsp3) is 0.714. The Labute approximate surface area is 186 Å². The van der Waals surface area contributed by atoms with Crippen molar-refractivity contribution in [3.63, 3.8) is 0 Å². The maximum atomic E-state index is 12.4. The molecule has 0 spiro atoms. The summed E-state index contributed by atoms with van der Waals surface area (Å²) in [5.41, 5.74) is 2.29. The zero-order valence-electron chi connectivity index (χ0n) is 17.9. The van der Waals surface area contributed by atoms with E-state index in [2.05, 4.69) is 9.62 Å². The number of halogens is 3. The van der Waals surface area contributed by atoms with E-state index in [9.17, 15) is 21.6 Å². The molecule has 1 aromatic rings. The molecule has 32 heavy (non-hydrogen) atoms. The minimum atomic E-state index is -4.59. The van der Waals surface area contributed by atoms with Crippen LogP contribution in [0.3, 0.4) is 0 Å². The Morgan fingerprint density at radius 2 is 1.78 bits per heavy atom. The minimum absolute atomic E-state index is 0.0484. The highest BCUT2D eigenvalue weighted by Crippen LogP contribution is 2.41. The number of fused-ring (bicyclic) bond motifs is 3. The smallest absolute Gasteiger partial charge is 0.402 e. The SMILES string of the molecule is O=S(=O)(NCC(F)(F)F)NC1C2CCC1Cc1cc(OCCN3CCOCC3)ccc1C2. The highest BCUT2D eigenvalue weighted by atomic mass is 32.2. The van der Waals surface area contributed by atoms with Crippen molar-refractivity contribution in [2.24, 2.45) is 11.8 Å². The highest BCUT2D eigenvalue weighted by Gasteiger charge is 2.41. The summed E-state index contributed by atoms with van der Waals surface area (Å²) in [5, 5.41) is 0. The van der Waals surface area contributed by atoms with Gasteiger partial charge in [-0.05, 0) is 60.8 Å². The molecule has 1 heterocycles. The van der Waals surface area contributed by atoms with E-state index in [0.29, 0.717) is 19.4 Å². The molecule has 2 aliphatic carbocycles. The zero-order valence-corrected chi connectivity index (χ0v) is 18.7. The second-order valence-electron chi connectivity index (χ2n) is 8.82. The predicted molar refractivity (Wildman–Crippen MR) is 113 cm³/mol. The van der Waals surface area contributed by atoms with Gasteiger partial charge in [0.2, 0.25) is 0 Å². The molecule has 0 amide bonds. The molecule has 180 valence electrons. The van der Waals surface area contributed by atoms with Crippen LogP contribution in [0.4, 0.5) is 13.2 Å². The molecule has 1 aliphatic heterocycles. The van der Waals surface area contributed by atoms with Crippen LogP contribution in [-0.2, 0) is 27.8 Å². The summed E-state index contributed by atoms with van der Waals surface area (Å²) in [4.78, 5) is 2.30. The number of morpholine rings is 1. The third-order valence-electron chi connectivity index (χ3n) is 6.60. The lowest BCUT2D eigenvalue weighted by Crippen LogP contribution is -2.49. The quantitative estimate of drug-likeness (QED) is 0.598. The summed E-state index contributed by atoms with van der Waals surface area (Å²) in [6.45, 7) is 3.15. The van der Waals surface area contributed by atoms with Crippen LogP contribution >= 0.6 is 0 Å². The summed E-state index contributed by atoms with van der Waals surface area (Å²) in [7, 11) is -4.23. The van der Waals surface area contributed by atoms with Gasteiger partial charge in [-0.3, -0.25) is 4.90 Å². The lowest BCUT2D eigenvalue weighted by molar-refractivity contribution is -0.121. The lowest BCUT2D eigenvalue weighted by Gasteiger charge is -2.26. The molecule has 3 atom stereocenters. The van der Waals surface area contributed by atoms with E-state index < -0.39 is 22.9 Å². The Morgan fingerprint density at radius 1 is 1.09 bits per heavy atom. The number of hydrogen-bond donors (Lipinski definition) is 2. The van der Waals surface area contributed by atoms with Crippen molar-refractivity contribution >= 4 is 10.2 Å². The largest absolute Gasteiger partial charge is 0.492 e. The standard InChI is InChI=1S/C21H30F3N3O4S/c22-21(23,24)14-25-32(28,29)26-20-16-1-2-17(20)12-18-13-19(4-3-15(18)11-16)31-10-7-27-5-8-30-9-6-27/h3-4,13,16-17,20,25-26H,1-2,5-12,14H2. The van der Waals surface area contributed by atoms with Gasteiger partial charge in [-0.1, -0.05) is 6.07 Å². The molecule has 1 saturated carbocycles. The second-order valence-corrected chi connectivity index (χ2v) is 10.4. The molecule has 2 N–H and O–H groups in total. The molecule has 1 saturated heterocycles. The summed E-state index contributed by atoms with van der Waals surface area (Å²) in [6, 6.07) is 5.64. The van der Waals surface area contributed by atoms with Gasteiger partial charge in [0.15, 0.2) is 0 Å². The Bertz CT molecular complexity index is 891. The van der Waals surface area contributed by atoms with Crippen LogP contribution in [-0.4, -0.2) is 71.5 Å². The van der Waals surface area contributed by atoms with Gasteiger partial charge >= 0.3 is 6.18 Å². The average molecular weight is 478 g/mol. The molecule has 1 aromatic carbocycles. The molecule has 3 aliphatic rings. The first kappa shape index (κ1) is 23.7. The monoisotopic (exact) mass is 477 g/mol. The van der Waals surface area contributed by atoms with Crippen molar-refractivity contribution in [3.8, 4) is 5.75 Å². The molecule has 11 heteroatoms. The van der Waals surface area contributed by atoms with Gasteiger partial charge in [0.05, 0.1) is 13.2 Å². The van der Waals surface area contributed by atoms with E-state index in [1.165, 1.54) is 0 Å². The highest BCUT2D eigenvalue weighted by molar-refractivity contribution is 7.87. The lowest BCUT2D eigenvalue weighted by atomic mass is 9.93. The van der Waals surface area contributed by atoms with Crippen LogP contribution < -0.4 is 14.2 Å². The number of hydrogen-bond acceptors (Lipinski definition) is 5.